The Labute approximate surface area is 191 Å². The van der Waals surface area contributed by atoms with E-state index in [2.05, 4.69) is 10.2 Å². The summed E-state index contributed by atoms with van der Waals surface area (Å²) in [5.74, 6) is 0.989. The van der Waals surface area contributed by atoms with Crippen molar-refractivity contribution < 1.29 is 19.2 Å². The largest absolute Gasteiger partial charge is 0.493 e. The second-order valence-corrected chi connectivity index (χ2v) is 7.76. The number of methoxy groups -OCH3 is 2. The molecule has 0 spiro atoms. The summed E-state index contributed by atoms with van der Waals surface area (Å²) in [7, 11) is 3.21. The number of nitrogens with zero attached hydrogens (tertiary/aromatic N) is 2. The molecule has 0 radical (unpaired) electrons. The molecule has 4 rings (SSSR count). The van der Waals surface area contributed by atoms with E-state index >= 15 is 0 Å². The Morgan fingerprint density at radius 3 is 2.42 bits per heavy atom. The van der Waals surface area contributed by atoms with Crippen LogP contribution >= 0.6 is 0 Å². The smallest absolute Gasteiger partial charge is 0.292 e. The molecule has 1 heterocycles. The maximum Gasteiger partial charge on any atom is 0.292 e. The van der Waals surface area contributed by atoms with Crippen LogP contribution in [-0.4, -0.2) is 43.0 Å². The topological polar surface area (TPSA) is 93.9 Å². The molecule has 1 unspecified atom stereocenters. The summed E-state index contributed by atoms with van der Waals surface area (Å²) >= 11 is 0. The van der Waals surface area contributed by atoms with Crippen LogP contribution in [-0.2, 0) is 11.2 Å². The van der Waals surface area contributed by atoms with E-state index in [-0.39, 0.29) is 29.9 Å². The van der Waals surface area contributed by atoms with Crippen molar-refractivity contribution in [2.45, 2.75) is 12.5 Å². The molecule has 0 bridgehead atoms. The maximum atomic E-state index is 12.9. The van der Waals surface area contributed by atoms with Crippen LogP contribution in [0.15, 0.2) is 66.7 Å². The summed E-state index contributed by atoms with van der Waals surface area (Å²) in [5, 5.41) is 14.0. The molecule has 3 aromatic carbocycles. The van der Waals surface area contributed by atoms with Crippen LogP contribution in [0.25, 0.3) is 0 Å². The number of nitrogens with one attached hydrogen (secondary N) is 1. The second-order valence-electron chi connectivity index (χ2n) is 7.76. The summed E-state index contributed by atoms with van der Waals surface area (Å²) in [6.45, 7) is 0.728. The van der Waals surface area contributed by atoms with Crippen molar-refractivity contribution in [1.82, 2.24) is 4.90 Å². The van der Waals surface area contributed by atoms with Crippen molar-refractivity contribution >= 4 is 17.3 Å². The Kier molecular flexibility index (Phi) is 6.55. The van der Waals surface area contributed by atoms with Gasteiger partial charge in [0, 0.05) is 12.6 Å². The molecule has 0 aliphatic carbocycles. The minimum atomic E-state index is -0.501. The molecule has 1 aliphatic rings. The van der Waals surface area contributed by atoms with Gasteiger partial charge in [-0.05, 0) is 41.3 Å². The average Bonchev–Trinajstić information content (AvgIpc) is 2.83. The van der Waals surface area contributed by atoms with Crippen LogP contribution in [0, 0.1) is 10.1 Å². The third-order valence-corrected chi connectivity index (χ3v) is 5.81. The van der Waals surface area contributed by atoms with E-state index in [4.69, 9.17) is 9.47 Å². The third kappa shape index (κ3) is 4.65. The molecule has 1 amide bonds. The second kappa shape index (κ2) is 9.70. The molecule has 1 N–H and O–H groups in total. The van der Waals surface area contributed by atoms with Gasteiger partial charge in [-0.2, -0.15) is 0 Å². The molecule has 170 valence electrons. The van der Waals surface area contributed by atoms with Crippen molar-refractivity contribution in [2.75, 3.05) is 32.6 Å². The van der Waals surface area contributed by atoms with Gasteiger partial charge in [-0.3, -0.25) is 19.8 Å². The summed E-state index contributed by atoms with van der Waals surface area (Å²) < 4.78 is 11.0. The highest BCUT2D eigenvalue weighted by molar-refractivity contribution is 5.94. The average molecular weight is 447 g/mol. The first kappa shape index (κ1) is 22.3. The molecule has 33 heavy (non-hydrogen) atoms. The first-order valence-corrected chi connectivity index (χ1v) is 10.6. The first-order chi connectivity index (χ1) is 16.0. The van der Waals surface area contributed by atoms with Crippen molar-refractivity contribution in [3.63, 3.8) is 0 Å². The fraction of sp³-hybridized carbons (Fsp3) is 0.240. The number of rotatable bonds is 7. The molecule has 0 saturated carbocycles. The van der Waals surface area contributed by atoms with Crippen LogP contribution in [0.1, 0.15) is 22.7 Å². The molecule has 1 aliphatic heterocycles. The molecular weight excluding hydrogens is 422 g/mol. The first-order valence-electron chi connectivity index (χ1n) is 10.6. The number of carbonyl (C=O) groups excluding carboxylic acids is 1. The van der Waals surface area contributed by atoms with Gasteiger partial charge in [0.1, 0.15) is 5.69 Å². The fourth-order valence-electron chi connectivity index (χ4n) is 4.31. The quantitative estimate of drug-likeness (QED) is 0.431. The number of carbonyl (C=O) groups is 1. The summed E-state index contributed by atoms with van der Waals surface area (Å²) in [6.07, 6.45) is 0.734. The number of amides is 1. The van der Waals surface area contributed by atoms with E-state index in [9.17, 15) is 14.9 Å². The lowest BCUT2D eigenvalue weighted by Crippen LogP contribution is -2.41. The predicted octanol–water partition coefficient (Wildman–Crippen LogP) is 4.20. The number of hydrogen-bond donors (Lipinski definition) is 1. The highest BCUT2D eigenvalue weighted by Crippen LogP contribution is 2.40. The lowest BCUT2D eigenvalue weighted by molar-refractivity contribution is -0.383. The van der Waals surface area contributed by atoms with E-state index in [1.807, 2.05) is 42.5 Å². The molecule has 0 saturated heterocycles. The van der Waals surface area contributed by atoms with Gasteiger partial charge < -0.3 is 14.8 Å². The van der Waals surface area contributed by atoms with Crippen molar-refractivity contribution in [2.24, 2.45) is 0 Å². The molecule has 1 atom stereocenters. The highest BCUT2D eigenvalue weighted by Gasteiger charge is 2.31. The number of benzene rings is 3. The number of nitro benzene ring substituents is 1. The van der Waals surface area contributed by atoms with Gasteiger partial charge in [0.05, 0.1) is 31.7 Å². The number of ether oxygens (including phenoxy) is 2. The fourth-order valence-corrected chi connectivity index (χ4v) is 4.31. The zero-order valence-corrected chi connectivity index (χ0v) is 18.5. The predicted molar refractivity (Wildman–Crippen MR) is 125 cm³/mol. The monoisotopic (exact) mass is 447 g/mol. The zero-order chi connectivity index (χ0) is 23.4. The van der Waals surface area contributed by atoms with Crippen LogP contribution in [0.5, 0.6) is 11.5 Å². The van der Waals surface area contributed by atoms with E-state index in [1.165, 1.54) is 12.1 Å². The molecule has 0 aromatic heterocycles. The molecule has 8 nitrogen and oxygen atoms in total. The van der Waals surface area contributed by atoms with Gasteiger partial charge in [0.15, 0.2) is 11.5 Å². The Morgan fingerprint density at radius 1 is 1.06 bits per heavy atom. The molecule has 3 aromatic rings. The van der Waals surface area contributed by atoms with E-state index < -0.39 is 4.92 Å². The number of nitro groups is 1. The Morgan fingerprint density at radius 2 is 1.73 bits per heavy atom. The highest BCUT2D eigenvalue weighted by atomic mass is 16.6. The maximum absolute atomic E-state index is 12.9. The minimum Gasteiger partial charge on any atom is -0.493 e. The minimum absolute atomic E-state index is 0.0827. The van der Waals surface area contributed by atoms with Crippen molar-refractivity contribution in [3.8, 4) is 11.5 Å². The number of hydrogen-bond acceptors (Lipinski definition) is 6. The van der Waals surface area contributed by atoms with Crippen molar-refractivity contribution in [1.29, 1.82) is 0 Å². The summed E-state index contributed by atoms with van der Waals surface area (Å²) in [4.78, 5) is 25.8. The van der Waals surface area contributed by atoms with Crippen LogP contribution < -0.4 is 14.8 Å². The van der Waals surface area contributed by atoms with Gasteiger partial charge in [-0.1, -0.05) is 42.5 Å². The Balaban J connectivity index is 1.66. The van der Waals surface area contributed by atoms with Gasteiger partial charge in [0.25, 0.3) is 5.69 Å². The van der Waals surface area contributed by atoms with Gasteiger partial charge in [-0.25, -0.2) is 0 Å². The SMILES string of the molecule is COc1cc2c(cc1OC)C(c1ccccc1)N(CC(=O)Nc1ccccc1[N+](=O)[O-])CC2. The van der Waals surface area contributed by atoms with E-state index in [0.717, 1.165) is 23.1 Å². The zero-order valence-electron chi connectivity index (χ0n) is 18.5. The summed E-state index contributed by atoms with van der Waals surface area (Å²) in [5.41, 5.74) is 3.28. The van der Waals surface area contributed by atoms with Crippen LogP contribution in [0.3, 0.4) is 0 Å². The van der Waals surface area contributed by atoms with Crippen LogP contribution in [0.4, 0.5) is 11.4 Å². The van der Waals surface area contributed by atoms with E-state index in [0.29, 0.717) is 18.0 Å². The van der Waals surface area contributed by atoms with Gasteiger partial charge in [-0.15, -0.1) is 0 Å². The lowest BCUT2D eigenvalue weighted by atomic mass is 9.87. The number of para-hydroxylation sites is 2. The lowest BCUT2D eigenvalue weighted by Gasteiger charge is -2.37. The molecular formula is C25H25N3O5. The number of fused-ring (bicyclic) bond motifs is 1. The Hall–Kier alpha value is -3.91. The summed E-state index contributed by atoms with van der Waals surface area (Å²) in [6, 6.07) is 19.9. The van der Waals surface area contributed by atoms with E-state index in [1.54, 1.807) is 26.4 Å². The van der Waals surface area contributed by atoms with Gasteiger partial charge in [0.2, 0.25) is 5.91 Å². The molecule has 8 heteroatoms. The number of anilines is 1. The normalized spacial score (nSPS) is 15.4. The standard InChI is InChI=1S/C25H25N3O5/c1-32-22-14-18-12-13-27(16-24(29)26-20-10-6-7-11-21(20)28(30)31)25(17-8-4-3-5-9-17)19(18)15-23(22)33-2/h3-11,14-15,25H,12-13,16H2,1-2H3,(H,26,29). The molecule has 0 fully saturated rings. The third-order valence-electron chi connectivity index (χ3n) is 5.81. The Bertz CT molecular complexity index is 1170. The van der Waals surface area contributed by atoms with Crippen molar-refractivity contribution in [3.05, 3.63) is 93.5 Å². The van der Waals surface area contributed by atoms with Crippen LogP contribution in [0.2, 0.25) is 0 Å². The van der Waals surface area contributed by atoms with Gasteiger partial charge >= 0.3 is 0 Å².